The average molecular weight is 497 g/mol. The fourth-order valence-corrected chi connectivity index (χ4v) is 4.77. The molecule has 0 amide bonds. The van der Waals surface area contributed by atoms with Crippen molar-refractivity contribution >= 4 is 0 Å². The van der Waals surface area contributed by atoms with Crippen LogP contribution in [0.4, 0.5) is 0 Å². The van der Waals surface area contributed by atoms with Gasteiger partial charge in [0.25, 0.3) is 0 Å². The molecule has 2 fully saturated rings. The molecule has 14 nitrogen and oxygen atoms in total. The van der Waals surface area contributed by atoms with E-state index in [0.29, 0.717) is 0 Å². The third-order valence-corrected chi connectivity index (χ3v) is 6.90. The lowest BCUT2D eigenvalue weighted by molar-refractivity contribution is -0.328. The molecule has 12 N–H and O–H groups in total. The molecule has 14 heteroatoms. The van der Waals surface area contributed by atoms with Gasteiger partial charge in [-0.3, -0.25) is 0 Å². The van der Waals surface area contributed by atoms with Crippen LogP contribution in [-0.2, 0) is 9.47 Å². The summed E-state index contributed by atoms with van der Waals surface area (Å²) >= 11 is 0. The highest BCUT2D eigenvalue weighted by molar-refractivity contribution is 5.22. The molecule has 0 aromatic heterocycles. The van der Waals surface area contributed by atoms with Crippen LogP contribution in [0, 0.1) is 5.92 Å². The van der Waals surface area contributed by atoms with E-state index in [1.807, 2.05) is 0 Å². The van der Waals surface area contributed by atoms with Gasteiger partial charge < -0.3 is 71.0 Å². The lowest BCUT2D eigenvalue weighted by Gasteiger charge is -2.47. The highest BCUT2D eigenvalue weighted by Crippen LogP contribution is 2.33. The van der Waals surface area contributed by atoms with Crippen LogP contribution in [-0.4, -0.2) is 155 Å². The summed E-state index contributed by atoms with van der Waals surface area (Å²) in [6.07, 6.45) is -15.7. The number of hydrogen-bond acceptors (Lipinski definition) is 14. The minimum absolute atomic E-state index is 0.0129. The molecule has 1 aliphatic heterocycles. The monoisotopic (exact) mass is 497 g/mol. The molecule has 1 saturated heterocycles. The molecule has 198 valence electrons. The zero-order chi connectivity index (χ0) is 25.3. The van der Waals surface area contributed by atoms with Crippen molar-refractivity contribution in [2.24, 2.45) is 5.92 Å². The van der Waals surface area contributed by atoms with Gasteiger partial charge in [-0.2, -0.15) is 0 Å². The molecule has 1 saturated carbocycles. The van der Waals surface area contributed by atoms with Crippen LogP contribution in [0.25, 0.3) is 0 Å². The van der Waals surface area contributed by atoms with E-state index >= 15 is 0 Å². The Labute approximate surface area is 194 Å². The van der Waals surface area contributed by atoms with Crippen molar-refractivity contribution in [1.82, 2.24) is 5.32 Å². The third kappa shape index (κ3) is 5.30. The van der Waals surface area contributed by atoms with Crippen LogP contribution in [0.3, 0.4) is 0 Å². The Morgan fingerprint density at radius 3 is 2.06 bits per heavy atom. The summed E-state index contributed by atoms with van der Waals surface area (Å²) in [7, 11) is 0. The molecule has 0 spiro atoms. The molecule has 0 unspecified atom stereocenters. The van der Waals surface area contributed by atoms with Crippen LogP contribution < -0.4 is 5.32 Å². The molecule has 1 heterocycles. The first-order chi connectivity index (χ1) is 16.0. The summed E-state index contributed by atoms with van der Waals surface area (Å²) in [5, 5.41) is 113. The average Bonchev–Trinajstić information content (AvgIpc) is 2.83. The number of aliphatic hydroxyl groups is 11. The number of nitrogens with one attached hydrogen (secondary N) is 1. The van der Waals surface area contributed by atoms with Crippen LogP contribution >= 0.6 is 0 Å². The molecule has 0 aromatic carbocycles. The Morgan fingerprint density at radius 1 is 0.794 bits per heavy atom. The van der Waals surface area contributed by atoms with E-state index in [2.05, 4.69) is 5.32 Å². The first-order valence-corrected chi connectivity index (χ1v) is 11.1. The predicted molar refractivity (Wildman–Crippen MR) is 110 cm³/mol. The summed E-state index contributed by atoms with van der Waals surface area (Å²) < 4.78 is 10.9. The minimum Gasteiger partial charge on any atom is -0.396 e. The molecule has 14 atom stereocenters. The summed E-state index contributed by atoms with van der Waals surface area (Å²) in [5.41, 5.74) is 0.0590. The number of aliphatic hydroxyl groups excluding tert-OH is 11. The van der Waals surface area contributed by atoms with Gasteiger partial charge in [0.2, 0.25) is 0 Å². The predicted octanol–water partition coefficient (Wildman–Crippen LogP) is -6.75. The van der Waals surface area contributed by atoms with E-state index in [9.17, 15) is 56.2 Å². The van der Waals surface area contributed by atoms with E-state index in [1.54, 1.807) is 0 Å². The molecule has 34 heavy (non-hydrogen) atoms. The first-order valence-electron chi connectivity index (χ1n) is 11.1. The largest absolute Gasteiger partial charge is 0.396 e. The molecule has 3 rings (SSSR count). The van der Waals surface area contributed by atoms with Gasteiger partial charge in [-0.05, 0) is 12.0 Å². The Balaban J connectivity index is 1.73. The normalized spacial score (nSPS) is 50.1. The summed E-state index contributed by atoms with van der Waals surface area (Å²) in [5.74, 6) is -0.833. The van der Waals surface area contributed by atoms with Crippen LogP contribution in [0.2, 0.25) is 0 Å². The first kappa shape index (κ1) is 27.8. The Morgan fingerprint density at radius 2 is 1.47 bits per heavy atom. The van der Waals surface area contributed by atoms with E-state index in [1.165, 1.54) is 6.08 Å². The highest BCUT2D eigenvalue weighted by Gasteiger charge is 2.50. The maximum absolute atomic E-state index is 10.7. The van der Waals surface area contributed by atoms with Gasteiger partial charge in [-0.25, -0.2) is 0 Å². The van der Waals surface area contributed by atoms with Crippen LogP contribution in [0.1, 0.15) is 6.42 Å². The maximum Gasteiger partial charge on any atom is 0.187 e. The van der Waals surface area contributed by atoms with Crippen LogP contribution in [0.15, 0.2) is 11.6 Å². The van der Waals surface area contributed by atoms with Crippen molar-refractivity contribution in [1.29, 1.82) is 0 Å². The van der Waals surface area contributed by atoms with Gasteiger partial charge in [0.05, 0.1) is 31.5 Å². The summed E-state index contributed by atoms with van der Waals surface area (Å²) in [6.45, 7) is -1.80. The van der Waals surface area contributed by atoms with E-state index < -0.39 is 105 Å². The van der Waals surface area contributed by atoms with Gasteiger partial charge >= 0.3 is 0 Å². The Bertz CT molecular complexity index is 693. The lowest BCUT2D eigenvalue weighted by Crippen LogP contribution is -2.66. The van der Waals surface area contributed by atoms with Crippen molar-refractivity contribution in [3.63, 3.8) is 0 Å². The molecule has 0 radical (unpaired) electrons. The smallest absolute Gasteiger partial charge is 0.187 e. The van der Waals surface area contributed by atoms with Gasteiger partial charge in [0, 0.05) is 18.6 Å². The fraction of sp³-hybridized carbons (Fsp3) is 0.900. The third-order valence-electron chi connectivity index (χ3n) is 6.90. The summed E-state index contributed by atoms with van der Waals surface area (Å²) in [4.78, 5) is 0. The fourth-order valence-electron chi connectivity index (χ4n) is 4.77. The van der Waals surface area contributed by atoms with Gasteiger partial charge in [-0.1, -0.05) is 6.08 Å². The minimum atomic E-state index is -1.75. The number of ether oxygens (including phenoxy) is 2. The van der Waals surface area contributed by atoms with Crippen molar-refractivity contribution in [2.45, 2.75) is 85.8 Å². The Hall–Kier alpha value is -0.820. The molecular formula is C20H35NO13. The highest BCUT2D eigenvalue weighted by atomic mass is 16.7. The second kappa shape index (κ2) is 11.5. The van der Waals surface area contributed by atoms with E-state index in [0.717, 1.165) is 0 Å². The second-order valence-corrected chi connectivity index (χ2v) is 9.08. The zero-order valence-electron chi connectivity index (χ0n) is 18.2. The van der Waals surface area contributed by atoms with Crippen molar-refractivity contribution in [3.05, 3.63) is 11.6 Å². The SMILES string of the molecule is OCC1=C[C@@H](N[C@@H]2C[C@H](CO)[C@@H](O[C@H]3O[C@@H](CO)[C@H](O)[C@@H](O)[C@@H]3O)[C@H](O)[C@@H]2O)[C@H](O)[C@@H](O)[C@H]1O. The lowest BCUT2D eigenvalue weighted by atomic mass is 9.78. The quantitative estimate of drug-likeness (QED) is 0.146. The number of hydrogen-bond donors (Lipinski definition) is 12. The standard InChI is InChI=1S/C20H35NO13/c22-3-6-1-8(12(26)15(29)11(6)25)21-9-2-7(4-23)19(17(31)13(9)27)34-20-18(32)16(30)14(28)10(5-24)33-20/h1,7-32H,2-5H2/t7-,8-,9-,10+,11+,12+,13-,14+,15+,16-,17-,18+,19-,20-/m1/s1. The molecular weight excluding hydrogens is 462 g/mol. The van der Waals surface area contributed by atoms with Crippen molar-refractivity contribution < 1.29 is 65.6 Å². The second-order valence-electron chi connectivity index (χ2n) is 9.08. The van der Waals surface area contributed by atoms with Crippen molar-refractivity contribution in [3.8, 4) is 0 Å². The zero-order valence-corrected chi connectivity index (χ0v) is 18.2. The van der Waals surface area contributed by atoms with E-state index in [-0.39, 0.29) is 12.0 Å². The van der Waals surface area contributed by atoms with Gasteiger partial charge in [0.15, 0.2) is 6.29 Å². The van der Waals surface area contributed by atoms with Crippen LogP contribution in [0.5, 0.6) is 0 Å². The molecule has 0 aromatic rings. The van der Waals surface area contributed by atoms with Crippen molar-refractivity contribution in [2.75, 3.05) is 19.8 Å². The van der Waals surface area contributed by atoms with Gasteiger partial charge in [0.1, 0.15) is 48.8 Å². The summed E-state index contributed by atoms with van der Waals surface area (Å²) in [6, 6.07) is -1.94. The van der Waals surface area contributed by atoms with Gasteiger partial charge in [-0.15, -0.1) is 0 Å². The molecule has 2 aliphatic carbocycles. The number of rotatable bonds is 7. The molecule has 0 bridgehead atoms. The maximum atomic E-state index is 10.7. The molecule has 3 aliphatic rings. The van der Waals surface area contributed by atoms with E-state index in [4.69, 9.17) is 9.47 Å². The topological polar surface area (TPSA) is 253 Å². The Kier molecular flexibility index (Phi) is 9.38.